The summed E-state index contributed by atoms with van der Waals surface area (Å²) >= 11 is 3.29. The fraction of sp³-hybridized carbons (Fsp3) is 0.227. The Morgan fingerprint density at radius 3 is 2.77 bits per heavy atom. The normalized spacial score (nSPS) is 12.4. The Morgan fingerprint density at radius 1 is 1.20 bits per heavy atom. The van der Waals surface area contributed by atoms with Crippen LogP contribution < -0.4 is 9.30 Å². The van der Waals surface area contributed by atoms with Gasteiger partial charge in [-0.2, -0.15) is 13.0 Å². The number of aryl methyl sites for hydroxylation is 2. The van der Waals surface area contributed by atoms with E-state index in [0.717, 1.165) is 36.6 Å². The zero-order valence-electron chi connectivity index (χ0n) is 16.7. The molecule has 0 amide bonds. The van der Waals surface area contributed by atoms with Crippen LogP contribution >= 0.6 is 22.7 Å². The Balaban J connectivity index is 1.84. The van der Waals surface area contributed by atoms with Crippen LogP contribution in [0, 0.1) is 6.92 Å². The summed E-state index contributed by atoms with van der Waals surface area (Å²) in [6.45, 7) is 2.55. The number of rotatable bonds is 7. The molecule has 2 heterocycles. The zero-order chi connectivity index (χ0) is 21.3. The largest absolute Gasteiger partial charge is 0.496 e. The van der Waals surface area contributed by atoms with E-state index in [4.69, 9.17) is 9.29 Å². The highest BCUT2D eigenvalue weighted by Gasteiger charge is 2.24. The summed E-state index contributed by atoms with van der Waals surface area (Å²) in [5.74, 6) is 0.571. The molecule has 4 aromatic rings. The first-order valence-electron chi connectivity index (χ1n) is 9.46. The van der Waals surface area contributed by atoms with Crippen LogP contribution in [-0.4, -0.2) is 25.8 Å². The number of fused-ring (bicyclic) bond motifs is 3. The summed E-state index contributed by atoms with van der Waals surface area (Å²) in [4.78, 5) is 0. The highest BCUT2D eigenvalue weighted by atomic mass is 32.2. The molecule has 0 spiro atoms. The van der Waals surface area contributed by atoms with Crippen molar-refractivity contribution in [1.29, 1.82) is 0 Å². The minimum atomic E-state index is -3.99. The number of nitrogens with zero attached hydrogens (tertiary/aromatic N) is 1. The van der Waals surface area contributed by atoms with Gasteiger partial charge in [-0.05, 0) is 30.0 Å². The number of hydrogen-bond donors (Lipinski definition) is 1. The number of thiazole rings is 1. The Bertz CT molecular complexity index is 1350. The SMILES string of the molecule is COc1cc2sc(C=Cc3cccc(C)c3)[n+](CCCS(=O)(=O)O)c2c2sccc12. The average Bonchev–Trinajstić information content (AvgIpc) is 3.29. The standard InChI is InChI=1S/C22H21NO4S3/c1-15-5-3-6-16(13-15)7-8-20-23(10-4-12-30(24,25)26)21-19(29-20)14-18(27-2)17-9-11-28-22(17)21/h3,5-9,11,13-14H,4,10,12H2,1-2H3/p+1. The third kappa shape index (κ3) is 4.41. The Kier molecular flexibility index (Phi) is 5.92. The zero-order valence-corrected chi connectivity index (χ0v) is 19.1. The van der Waals surface area contributed by atoms with Crippen LogP contribution in [-0.2, 0) is 16.7 Å². The van der Waals surface area contributed by atoms with Crippen molar-refractivity contribution in [2.45, 2.75) is 19.9 Å². The highest BCUT2D eigenvalue weighted by molar-refractivity contribution is 7.85. The molecule has 0 atom stereocenters. The number of hydrogen-bond acceptors (Lipinski definition) is 5. The molecule has 1 N–H and O–H groups in total. The maximum absolute atomic E-state index is 11.2. The lowest BCUT2D eigenvalue weighted by atomic mass is 10.1. The van der Waals surface area contributed by atoms with Crippen LogP contribution in [0.4, 0.5) is 0 Å². The van der Waals surface area contributed by atoms with Crippen molar-refractivity contribution in [3.63, 3.8) is 0 Å². The predicted molar refractivity (Wildman–Crippen MR) is 125 cm³/mol. The summed E-state index contributed by atoms with van der Waals surface area (Å²) in [5.41, 5.74) is 3.38. The third-order valence-electron chi connectivity index (χ3n) is 4.86. The maximum Gasteiger partial charge on any atom is 0.265 e. The first-order chi connectivity index (χ1) is 14.4. The molecule has 4 rings (SSSR count). The summed E-state index contributed by atoms with van der Waals surface area (Å²) in [6.07, 6.45) is 4.47. The molecule has 0 fully saturated rings. The minimum absolute atomic E-state index is 0.262. The van der Waals surface area contributed by atoms with E-state index in [2.05, 4.69) is 41.8 Å². The van der Waals surface area contributed by atoms with Gasteiger partial charge < -0.3 is 4.74 Å². The summed E-state index contributed by atoms with van der Waals surface area (Å²) in [6, 6.07) is 12.3. The molecule has 0 saturated carbocycles. The van der Waals surface area contributed by atoms with Crippen LogP contribution in [0.3, 0.4) is 0 Å². The molecule has 2 aromatic carbocycles. The van der Waals surface area contributed by atoms with Crippen molar-refractivity contribution >= 4 is 65.2 Å². The second-order valence-corrected chi connectivity index (χ2v) is 10.6. The van der Waals surface area contributed by atoms with Gasteiger partial charge in [-0.25, -0.2) is 0 Å². The van der Waals surface area contributed by atoms with Gasteiger partial charge in [0.25, 0.3) is 15.1 Å². The van der Waals surface area contributed by atoms with E-state index in [1.54, 1.807) is 29.8 Å². The van der Waals surface area contributed by atoms with Gasteiger partial charge in [-0.15, -0.1) is 11.3 Å². The van der Waals surface area contributed by atoms with Crippen LogP contribution in [0.15, 0.2) is 41.8 Å². The van der Waals surface area contributed by atoms with Crippen LogP contribution in [0.25, 0.3) is 32.5 Å². The Hall–Kier alpha value is -2.26. The second kappa shape index (κ2) is 8.47. The fourth-order valence-corrected chi connectivity index (χ4v) is 6.19. The second-order valence-electron chi connectivity index (χ2n) is 7.07. The van der Waals surface area contributed by atoms with E-state index in [1.165, 1.54) is 5.56 Å². The fourth-order valence-electron chi connectivity index (χ4n) is 3.54. The molecule has 156 valence electrons. The van der Waals surface area contributed by atoms with Crippen molar-refractivity contribution in [2.24, 2.45) is 0 Å². The van der Waals surface area contributed by atoms with Crippen molar-refractivity contribution in [3.8, 4) is 5.75 Å². The number of aromatic nitrogens is 1. The third-order valence-corrected chi connectivity index (χ3v) is 7.68. The molecule has 0 bridgehead atoms. The van der Waals surface area contributed by atoms with Gasteiger partial charge in [0.2, 0.25) is 5.52 Å². The van der Waals surface area contributed by atoms with Gasteiger partial charge in [0.15, 0.2) is 6.54 Å². The lowest BCUT2D eigenvalue weighted by Crippen LogP contribution is -2.36. The van der Waals surface area contributed by atoms with Gasteiger partial charge in [0.05, 0.1) is 12.9 Å². The molecule has 0 unspecified atom stereocenters. The van der Waals surface area contributed by atoms with E-state index in [9.17, 15) is 8.42 Å². The topological polar surface area (TPSA) is 67.5 Å². The maximum atomic E-state index is 11.2. The van der Waals surface area contributed by atoms with E-state index in [0.29, 0.717) is 13.0 Å². The number of thiophene rings is 1. The van der Waals surface area contributed by atoms with E-state index >= 15 is 0 Å². The monoisotopic (exact) mass is 460 g/mol. The van der Waals surface area contributed by atoms with E-state index < -0.39 is 10.1 Å². The number of methoxy groups -OCH3 is 1. The van der Waals surface area contributed by atoms with Gasteiger partial charge in [0.1, 0.15) is 15.1 Å². The van der Waals surface area contributed by atoms with Gasteiger partial charge in [0, 0.05) is 23.9 Å². The van der Waals surface area contributed by atoms with Gasteiger partial charge in [-0.3, -0.25) is 4.55 Å². The lowest BCUT2D eigenvalue weighted by Gasteiger charge is -2.02. The smallest absolute Gasteiger partial charge is 0.265 e. The summed E-state index contributed by atoms with van der Waals surface area (Å²) in [7, 11) is -2.32. The van der Waals surface area contributed by atoms with Crippen molar-refractivity contribution in [2.75, 3.05) is 12.9 Å². The molecule has 8 heteroatoms. The number of ether oxygens (including phenoxy) is 1. The van der Waals surface area contributed by atoms with Crippen LogP contribution in [0.5, 0.6) is 5.75 Å². The lowest BCUT2D eigenvalue weighted by molar-refractivity contribution is -0.667. The first kappa shape index (κ1) is 21.0. The molecule has 5 nitrogen and oxygen atoms in total. The molecular weight excluding hydrogens is 438 g/mol. The van der Waals surface area contributed by atoms with E-state index in [1.807, 2.05) is 23.6 Å². The molecule has 0 radical (unpaired) electrons. The molecule has 0 aliphatic rings. The average molecular weight is 461 g/mol. The summed E-state index contributed by atoms with van der Waals surface area (Å²) in [5, 5.41) is 4.10. The van der Waals surface area contributed by atoms with E-state index in [-0.39, 0.29) is 5.75 Å². The molecular formula is C22H22NO4S3+. The van der Waals surface area contributed by atoms with Crippen LogP contribution in [0.1, 0.15) is 22.6 Å². The predicted octanol–water partition coefficient (Wildman–Crippen LogP) is 5.17. The molecule has 30 heavy (non-hydrogen) atoms. The number of benzene rings is 2. The van der Waals surface area contributed by atoms with Crippen molar-refractivity contribution in [1.82, 2.24) is 0 Å². The first-order valence-corrected chi connectivity index (χ1v) is 12.8. The Morgan fingerprint density at radius 2 is 2.03 bits per heavy atom. The molecule has 0 aliphatic carbocycles. The van der Waals surface area contributed by atoms with Crippen molar-refractivity contribution in [3.05, 3.63) is 57.9 Å². The molecule has 0 aliphatic heterocycles. The van der Waals surface area contributed by atoms with Crippen LogP contribution in [0.2, 0.25) is 0 Å². The highest BCUT2D eigenvalue weighted by Crippen LogP contribution is 2.38. The van der Waals surface area contributed by atoms with Gasteiger partial charge >= 0.3 is 0 Å². The molecule has 0 saturated heterocycles. The van der Waals surface area contributed by atoms with Gasteiger partial charge in [-0.1, -0.05) is 41.2 Å². The summed E-state index contributed by atoms with van der Waals surface area (Å²) < 4.78 is 41.5. The van der Waals surface area contributed by atoms with Crippen molar-refractivity contribution < 1.29 is 22.3 Å². The minimum Gasteiger partial charge on any atom is -0.496 e. The quantitative estimate of drug-likeness (QED) is 0.305. The molecule has 2 aromatic heterocycles. The Labute approximate surface area is 183 Å².